The summed E-state index contributed by atoms with van der Waals surface area (Å²) in [4.78, 5) is 10.7. The second kappa shape index (κ2) is 8.60. The number of carbonyl (C=O) groups excluding carboxylic acids is 1. The molecule has 0 fully saturated rings. The molecule has 1 atom stereocenters. The molecule has 124 valence electrons. The summed E-state index contributed by atoms with van der Waals surface area (Å²) in [6.45, 7) is 12.3. The van der Waals surface area contributed by atoms with Crippen LogP contribution in [0.2, 0.25) is 18.1 Å². The first-order valence-corrected chi connectivity index (χ1v) is 10.9. The molecule has 0 unspecified atom stereocenters. The van der Waals surface area contributed by atoms with Gasteiger partial charge in [-0.05, 0) is 30.1 Å². The first kappa shape index (κ1) is 19.1. The molecule has 0 saturated carbocycles. The van der Waals surface area contributed by atoms with Crippen LogP contribution in [0.4, 0.5) is 0 Å². The van der Waals surface area contributed by atoms with Gasteiger partial charge in [-0.1, -0.05) is 51.1 Å². The van der Waals surface area contributed by atoms with Crippen LogP contribution in [0.1, 0.15) is 39.2 Å². The van der Waals surface area contributed by atoms with Crippen molar-refractivity contribution in [1.29, 1.82) is 0 Å². The molecule has 0 aliphatic rings. The molecule has 0 aliphatic carbocycles. The summed E-state index contributed by atoms with van der Waals surface area (Å²) in [5.41, 5.74) is 1.16. The molecule has 4 heteroatoms. The highest BCUT2D eigenvalue weighted by molar-refractivity contribution is 6.74. The van der Waals surface area contributed by atoms with Crippen molar-refractivity contribution in [3.8, 4) is 0 Å². The maximum atomic E-state index is 10.7. The van der Waals surface area contributed by atoms with E-state index in [2.05, 4.69) is 46.0 Å². The van der Waals surface area contributed by atoms with Gasteiger partial charge < -0.3 is 14.0 Å². The molecule has 1 aromatic carbocycles. The van der Waals surface area contributed by atoms with E-state index in [1.165, 1.54) is 0 Å². The lowest BCUT2D eigenvalue weighted by atomic mass is 10.2. The molecule has 1 rings (SSSR count). The quantitative estimate of drug-likeness (QED) is 0.493. The average molecular weight is 323 g/mol. The number of benzene rings is 1. The first-order valence-electron chi connectivity index (χ1n) is 7.99. The predicted octanol–water partition coefficient (Wildman–Crippen LogP) is 4.57. The number of carbonyl (C=O) groups is 1. The van der Waals surface area contributed by atoms with Crippen molar-refractivity contribution in [3.05, 3.63) is 35.9 Å². The van der Waals surface area contributed by atoms with Crippen LogP contribution in [-0.2, 0) is 20.6 Å². The highest BCUT2D eigenvalue weighted by atomic mass is 28.4. The molecule has 0 saturated heterocycles. The van der Waals surface area contributed by atoms with Gasteiger partial charge in [0.05, 0.1) is 19.3 Å². The number of rotatable bonds is 9. The van der Waals surface area contributed by atoms with Crippen LogP contribution in [0.5, 0.6) is 0 Å². The van der Waals surface area contributed by atoms with E-state index in [-0.39, 0.29) is 11.1 Å². The molecule has 0 aromatic heterocycles. The van der Waals surface area contributed by atoms with E-state index in [0.717, 1.165) is 18.3 Å². The minimum absolute atomic E-state index is 0.00481. The molecule has 22 heavy (non-hydrogen) atoms. The van der Waals surface area contributed by atoms with E-state index in [0.29, 0.717) is 19.6 Å². The highest BCUT2D eigenvalue weighted by Crippen LogP contribution is 2.37. The van der Waals surface area contributed by atoms with Gasteiger partial charge >= 0.3 is 0 Å². The normalized spacial score (nSPS) is 13.9. The van der Waals surface area contributed by atoms with E-state index >= 15 is 0 Å². The van der Waals surface area contributed by atoms with Crippen molar-refractivity contribution in [2.45, 2.75) is 64.5 Å². The van der Waals surface area contributed by atoms with Crippen molar-refractivity contribution in [3.63, 3.8) is 0 Å². The fourth-order valence-electron chi connectivity index (χ4n) is 1.91. The molecule has 3 nitrogen and oxygen atoms in total. The minimum atomic E-state index is -1.84. The summed E-state index contributed by atoms with van der Waals surface area (Å²) in [5.74, 6) is 0. The van der Waals surface area contributed by atoms with Gasteiger partial charge in [-0.25, -0.2) is 0 Å². The molecule has 0 heterocycles. The molecule has 0 amide bonds. The van der Waals surface area contributed by atoms with Crippen LogP contribution in [0.25, 0.3) is 0 Å². The Kier molecular flexibility index (Phi) is 7.46. The van der Waals surface area contributed by atoms with E-state index in [1.807, 2.05) is 18.2 Å². The van der Waals surface area contributed by atoms with Crippen LogP contribution >= 0.6 is 0 Å². The van der Waals surface area contributed by atoms with Crippen LogP contribution in [0.15, 0.2) is 30.3 Å². The lowest BCUT2D eigenvalue weighted by molar-refractivity contribution is -0.108. The second-order valence-electron chi connectivity index (χ2n) is 7.24. The van der Waals surface area contributed by atoms with Gasteiger partial charge in [0.15, 0.2) is 8.32 Å². The monoisotopic (exact) mass is 322 g/mol. The summed E-state index contributed by atoms with van der Waals surface area (Å²) >= 11 is 0. The average Bonchev–Trinajstić information content (AvgIpc) is 2.44. The Morgan fingerprint density at radius 1 is 1.18 bits per heavy atom. The highest BCUT2D eigenvalue weighted by Gasteiger charge is 2.39. The standard InChI is InChI=1S/C18H30O3Si/c1-18(2,3)22(4,5)21-17(12-9-13-19)15-20-14-16-10-7-6-8-11-16/h6-8,10-11,13,17H,9,12,14-15H2,1-5H3/t17-/m1/s1. The molecule has 0 aliphatic heterocycles. The minimum Gasteiger partial charge on any atom is -0.412 e. The molecule has 0 bridgehead atoms. The van der Waals surface area contributed by atoms with Gasteiger partial charge in [0.1, 0.15) is 6.29 Å². The molecule has 1 aromatic rings. The Labute approximate surface area is 136 Å². The molecule has 0 radical (unpaired) electrons. The van der Waals surface area contributed by atoms with Gasteiger partial charge in [0, 0.05) is 6.42 Å². The van der Waals surface area contributed by atoms with Crippen LogP contribution in [-0.4, -0.2) is 27.3 Å². The van der Waals surface area contributed by atoms with Gasteiger partial charge in [-0.15, -0.1) is 0 Å². The SMILES string of the molecule is CC(C)(C)[Si](C)(C)O[C@H](CCC=O)COCc1ccccc1. The van der Waals surface area contributed by atoms with Crippen LogP contribution in [0, 0.1) is 0 Å². The van der Waals surface area contributed by atoms with Gasteiger partial charge in [-0.3, -0.25) is 0 Å². The van der Waals surface area contributed by atoms with Crippen molar-refractivity contribution < 1.29 is 14.0 Å². The van der Waals surface area contributed by atoms with E-state index < -0.39 is 8.32 Å². The second-order valence-corrected chi connectivity index (χ2v) is 12.0. The maximum Gasteiger partial charge on any atom is 0.192 e. The van der Waals surface area contributed by atoms with Gasteiger partial charge in [0.2, 0.25) is 0 Å². The summed E-state index contributed by atoms with van der Waals surface area (Å²) in [6.07, 6.45) is 2.20. The summed E-state index contributed by atoms with van der Waals surface area (Å²) in [6, 6.07) is 10.1. The topological polar surface area (TPSA) is 35.5 Å². The lowest BCUT2D eigenvalue weighted by Crippen LogP contribution is -2.45. The summed E-state index contributed by atoms with van der Waals surface area (Å²) < 4.78 is 12.2. The Bertz CT molecular complexity index is 437. The number of hydrogen-bond donors (Lipinski definition) is 0. The van der Waals surface area contributed by atoms with Crippen LogP contribution < -0.4 is 0 Å². The molecular formula is C18H30O3Si. The van der Waals surface area contributed by atoms with Crippen LogP contribution in [0.3, 0.4) is 0 Å². The summed E-state index contributed by atoms with van der Waals surface area (Å²) in [5, 5.41) is 0.159. The number of hydrogen-bond acceptors (Lipinski definition) is 3. The zero-order valence-corrected chi connectivity index (χ0v) is 15.6. The smallest absolute Gasteiger partial charge is 0.192 e. The lowest BCUT2D eigenvalue weighted by Gasteiger charge is -2.39. The van der Waals surface area contributed by atoms with Crippen molar-refractivity contribution in [2.75, 3.05) is 6.61 Å². The van der Waals surface area contributed by atoms with E-state index in [9.17, 15) is 4.79 Å². The third-order valence-corrected chi connectivity index (χ3v) is 8.82. The van der Waals surface area contributed by atoms with Crippen molar-refractivity contribution in [1.82, 2.24) is 0 Å². The van der Waals surface area contributed by atoms with Crippen molar-refractivity contribution in [2.24, 2.45) is 0 Å². The Morgan fingerprint density at radius 2 is 1.82 bits per heavy atom. The summed E-state index contributed by atoms with van der Waals surface area (Å²) in [7, 11) is -1.84. The van der Waals surface area contributed by atoms with Gasteiger partial charge in [-0.2, -0.15) is 0 Å². The number of aldehydes is 1. The largest absolute Gasteiger partial charge is 0.412 e. The van der Waals surface area contributed by atoms with Gasteiger partial charge in [0.25, 0.3) is 0 Å². The molecule has 0 spiro atoms. The third-order valence-electron chi connectivity index (χ3n) is 4.29. The molecule has 0 N–H and O–H groups in total. The maximum absolute atomic E-state index is 10.7. The Balaban J connectivity index is 2.55. The fourth-order valence-corrected chi connectivity index (χ4v) is 3.28. The van der Waals surface area contributed by atoms with E-state index in [4.69, 9.17) is 9.16 Å². The fraction of sp³-hybridized carbons (Fsp3) is 0.611. The predicted molar refractivity (Wildman–Crippen MR) is 93.5 cm³/mol. The zero-order valence-electron chi connectivity index (χ0n) is 14.6. The Morgan fingerprint density at radius 3 is 2.36 bits per heavy atom. The zero-order chi connectivity index (χ0) is 16.6. The van der Waals surface area contributed by atoms with Crippen molar-refractivity contribution >= 4 is 14.6 Å². The number of ether oxygens (including phenoxy) is 1. The van der Waals surface area contributed by atoms with E-state index in [1.54, 1.807) is 0 Å². The molecular weight excluding hydrogens is 292 g/mol. The third kappa shape index (κ3) is 6.42. The Hall–Kier alpha value is -0.973. The first-order chi connectivity index (χ1) is 10.3.